The molecule has 3 nitrogen and oxygen atoms in total. The third kappa shape index (κ3) is 2.36. The van der Waals surface area contributed by atoms with Crippen LogP contribution in [0.4, 0.5) is 0 Å². The van der Waals surface area contributed by atoms with E-state index in [2.05, 4.69) is 4.98 Å². The topological polar surface area (TPSA) is 42.4 Å². The molecule has 94 valence electrons. The molecule has 1 heterocycles. The van der Waals surface area contributed by atoms with Crippen molar-refractivity contribution in [2.75, 3.05) is 0 Å². The van der Waals surface area contributed by atoms with Crippen molar-refractivity contribution in [3.8, 4) is 17.2 Å². The molecule has 0 radical (unpaired) electrons. The molecule has 0 amide bonds. The van der Waals surface area contributed by atoms with E-state index in [-0.39, 0.29) is 5.75 Å². The predicted molar refractivity (Wildman–Crippen MR) is 74.7 cm³/mol. The Bertz CT molecular complexity index is 723. The highest BCUT2D eigenvalue weighted by Crippen LogP contribution is 2.27. The number of para-hydroxylation sites is 1. The molecule has 19 heavy (non-hydrogen) atoms. The van der Waals surface area contributed by atoms with Gasteiger partial charge in [-0.3, -0.25) is 0 Å². The first-order valence-electron chi connectivity index (χ1n) is 6.06. The standard InChI is InChI=1S/C16H13NO2/c1-11-16(18)10-12-9-14(7-8-15(12)17-11)19-13-5-3-2-4-6-13/h2-10,18H,1H3. The van der Waals surface area contributed by atoms with E-state index in [1.54, 1.807) is 13.0 Å². The van der Waals surface area contributed by atoms with Gasteiger partial charge in [0.25, 0.3) is 0 Å². The van der Waals surface area contributed by atoms with Gasteiger partial charge in [0.15, 0.2) is 0 Å². The van der Waals surface area contributed by atoms with Gasteiger partial charge in [0, 0.05) is 5.39 Å². The fraction of sp³-hybridized carbons (Fsp3) is 0.0625. The van der Waals surface area contributed by atoms with Gasteiger partial charge in [-0.15, -0.1) is 0 Å². The van der Waals surface area contributed by atoms with Crippen LogP contribution in [-0.2, 0) is 0 Å². The second-order valence-corrected chi connectivity index (χ2v) is 4.36. The number of aromatic nitrogens is 1. The monoisotopic (exact) mass is 251 g/mol. The van der Waals surface area contributed by atoms with Crippen LogP contribution in [0.2, 0.25) is 0 Å². The van der Waals surface area contributed by atoms with Crippen molar-refractivity contribution in [3.63, 3.8) is 0 Å². The number of aromatic hydroxyl groups is 1. The predicted octanol–water partition coefficient (Wildman–Crippen LogP) is 4.04. The van der Waals surface area contributed by atoms with Gasteiger partial charge in [0.2, 0.25) is 0 Å². The summed E-state index contributed by atoms with van der Waals surface area (Å²) in [6.45, 7) is 1.78. The zero-order valence-corrected chi connectivity index (χ0v) is 10.5. The van der Waals surface area contributed by atoms with Crippen LogP contribution in [0, 0.1) is 6.92 Å². The third-order valence-electron chi connectivity index (χ3n) is 2.93. The minimum Gasteiger partial charge on any atom is -0.506 e. The number of rotatable bonds is 2. The summed E-state index contributed by atoms with van der Waals surface area (Å²) >= 11 is 0. The lowest BCUT2D eigenvalue weighted by atomic mass is 10.2. The molecule has 0 atom stereocenters. The van der Waals surface area contributed by atoms with Gasteiger partial charge in [-0.05, 0) is 43.3 Å². The maximum Gasteiger partial charge on any atom is 0.137 e. The fourth-order valence-electron chi connectivity index (χ4n) is 1.93. The summed E-state index contributed by atoms with van der Waals surface area (Å²) in [5, 5.41) is 10.6. The van der Waals surface area contributed by atoms with Crippen molar-refractivity contribution < 1.29 is 9.84 Å². The van der Waals surface area contributed by atoms with Crippen LogP contribution in [0.15, 0.2) is 54.6 Å². The molecule has 0 aliphatic carbocycles. The van der Waals surface area contributed by atoms with E-state index >= 15 is 0 Å². The van der Waals surface area contributed by atoms with Crippen molar-refractivity contribution in [2.45, 2.75) is 6.92 Å². The smallest absolute Gasteiger partial charge is 0.137 e. The summed E-state index contributed by atoms with van der Waals surface area (Å²) in [4.78, 5) is 4.32. The van der Waals surface area contributed by atoms with Crippen LogP contribution in [0.5, 0.6) is 17.2 Å². The average molecular weight is 251 g/mol. The molecule has 0 fully saturated rings. The number of ether oxygens (including phenoxy) is 1. The lowest BCUT2D eigenvalue weighted by Crippen LogP contribution is -1.87. The summed E-state index contributed by atoms with van der Waals surface area (Å²) in [6, 6.07) is 16.9. The number of fused-ring (bicyclic) bond motifs is 1. The summed E-state index contributed by atoms with van der Waals surface area (Å²) in [6.07, 6.45) is 0. The molecular weight excluding hydrogens is 238 g/mol. The van der Waals surface area contributed by atoms with E-state index in [0.717, 1.165) is 22.4 Å². The van der Waals surface area contributed by atoms with E-state index in [4.69, 9.17) is 4.74 Å². The lowest BCUT2D eigenvalue weighted by Gasteiger charge is -2.07. The molecule has 0 saturated carbocycles. The number of aryl methyl sites for hydroxylation is 1. The largest absolute Gasteiger partial charge is 0.506 e. The zero-order chi connectivity index (χ0) is 13.2. The van der Waals surface area contributed by atoms with Crippen molar-refractivity contribution in [1.29, 1.82) is 0 Å². The van der Waals surface area contributed by atoms with Crippen molar-refractivity contribution in [2.24, 2.45) is 0 Å². The van der Waals surface area contributed by atoms with Gasteiger partial charge in [0.05, 0.1) is 11.2 Å². The highest BCUT2D eigenvalue weighted by Gasteiger charge is 2.04. The number of benzene rings is 2. The number of nitrogens with zero attached hydrogens (tertiary/aromatic N) is 1. The highest BCUT2D eigenvalue weighted by atomic mass is 16.5. The molecule has 0 saturated heterocycles. The van der Waals surface area contributed by atoms with Gasteiger partial charge in [0.1, 0.15) is 17.2 Å². The lowest BCUT2D eigenvalue weighted by molar-refractivity contribution is 0.468. The van der Waals surface area contributed by atoms with Gasteiger partial charge < -0.3 is 9.84 Å². The second-order valence-electron chi connectivity index (χ2n) is 4.36. The van der Waals surface area contributed by atoms with Crippen LogP contribution < -0.4 is 4.74 Å². The van der Waals surface area contributed by atoms with Crippen molar-refractivity contribution in [1.82, 2.24) is 4.98 Å². The molecule has 3 aromatic rings. The van der Waals surface area contributed by atoms with Gasteiger partial charge in [-0.2, -0.15) is 0 Å². The van der Waals surface area contributed by atoms with Crippen LogP contribution >= 0.6 is 0 Å². The molecule has 0 spiro atoms. The van der Waals surface area contributed by atoms with E-state index in [1.807, 2.05) is 48.5 Å². The van der Waals surface area contributed by atoms with Crippen LogP contribution in [-0.4, -0.2) is 10.1 Å². The number of pyridine rings is 1. The first-order chi connectivity index (χ1) is 9.22. The van der Waals surface area contributed by atoms with Crippen molar-refractivity contribution >= 4 is 10.9 Å². The van der Waals surface area contributed by atoms with Gasteiger partial charge in [-0.25, -0.2) is 4.98 Å². The molecule has 0 unspecified atom stereocenters. The molecule has 3 heteroatoms. The quantitative estimate of drug-likeness (QED) is 0.747. The molecular formula is C16H13NO2. The first-order valence-corrected chi connectivity index (χ1v) is 6.06. The van der Waals surface area contributed by atoms with E-state index in [9.17, 15) is 5.11 Å². The SMILES string of the molecule is Cc1nc2ccc(Oc3ccccc3)cc2cc1O. The highest BCUT2D eigenvalue weighted by molar-refractivity contribution is 5.81. The Morgan fingerprint density at radius 3 is 2.53 bits per heavy atom. The Kier molecular flexibility index (Phi) is 2.80. The molecule has 1 aromatic heterocycles. The van der Waals surface area contributed by atoms with E-state index < -0.39 is 0 Å². The minimum absolute atomic E-state index is 0.198. The Morgan fingerprint density at radius 2 is 1.74 bits per heavy atom. The summed E-state index contributed by atoms with van der Waals surface area (Å²) in [5.74, 6) is 1.71. The Balaban J connectivity index is 2.00. The van der Waals surface area contributed by atoms with Crippen LogP contribution in [0.3, 0.4) is 0 Å². The Hall–Kier alpha value is -2.55. The summed E-state index contributed by atoms with van der Waals surface area (Å²) < 4.78 is 5.75. The summed E-state index contributed by atoms with van der Waals surface area (Å²) in [7, 11) is 0. The fourth-order valence-corrected chi connectivity index (χ4v) is 1.93. The molecule has 0 bridgehead atoms. The zero-order valence-electron chi connectivity index (χ0n) is 10.5. The molecule has 0 aliphatic heterocycles. The van der Waals surface area contributed by atoms with Gasteiger partial charge >= 0.3 is 0 Å². The molecule has 0 aliphatic rings. The van der Waals surface area contributed by atoms with E-state index in [0.29, 0.717) is 5.69 Å². The molecule has 1 N–H and O–H groups in total. The Labute approximate surface area is 111 Å². The van der Waals surface area contributed by atoms with Crippen LogP contribution in [0.25, 0.3) is 10.9 Å². The maximum atomic E-state index is 9.69. The maximum absolute atomic E-state index is 9.69. The normalized spacial score (nSPS) is 10.6. The molecule has 2 aromatic carbocycles. The Morgan fingerprint density at radius 1 is 0.947 bits per heavy atom. The first kappa shape index (κ1) is 11.5. The molecule has 3 rings (SSSR count). The average Bonchev–Trinajstić information content (AvgIpc) is 2.42. The second kappa shape index (κ2) is 4.61. The summed E-state index contributed by atoms with van der Waals surface area (Å²) in [5.41, 5.74) is 1.47. The minimum atomic E-state index is 0.198. The third-order valence-corrected chi connectivity index (χ3v) is 2.93. The van der Waals surface area contributed by atoms with Crippen LogP contribution in [0.1, 0.15) is 5.69 Å². The number of hydrogen-bond donors (Lipinski definition) is 1. The van der Waals surface area contributed by atoms with E-state index in [1.165, 1.54) is 0 Å². The van der Waals surface area contributed by atoms with Crippen molar-refractivity contribution in [3.05, 3.63) is 60.3 Å². The number of hydrogen-bond acceptors (Lipinski definition) is 3. The van der Waals surface area contributed by atoms with Gasteiger partial charge in [-0.1, -0.05) is 18.2 Å².